The smallest absolute Gasteiger partial charge is 0.303 e. The van der Waals surface area contributed by atoms with E-state index in [1.54, 1.807) is 0 Å². The summed E-state index contributed by atoms with van der Waals surface area (Å²) in [5.74, 6) is -5.22. The Hall–Kier alpha value is -3.42. The zero-order valence-electron chi connectivity index (χ0n) is 23.3. The minimum Gasteiger partial charge on any atom is -0.481 e. The predicted octanol–water partition coefficient (Wildman–Crippen LogP) is -1.19. The highest BCUT2D eigenvalue weighted by atomic mass is 16.4. The lowest BCUT2D eigenvalue weighted by molar-refractivity contribution is -0.139. The van der Waals surface area contributed by atoms with E-state index in [9.17, 15) is 28.8 Å². The lowest BCUT2D eigenvalue weighted by Gasteiger charge is -1.96. The zero-order chi connectivity index (χ0) is 33.9. The molecule has 0 heterocycles. The monoisotopic (exact) mass is 622 g/mol. The van der Waals surface area contributed by atoms with E-state index in [1.807, 2.05) is 0 Å². The van der Waals surface area contributed by atoms with E-state index in [0.29, 0.717) is 38.5 Å². The molecular weight excluding hydrogens is 576 g/mol. The Kier molecular flexibility index (Phi) is 43.2. The number of aliphatic hydroxyl groups is 6. The summed E-state index contributed by atoms with van der Waals surface area (Å²) in [6.45, 7) is -1.46. The van der Waals surface area contributed by atoms with E-state index in [2.05, 4.69) is 0 Å². The van der Waals surface area contributed by atoms with Gasteiger partial charge in [-0.05, 0) is 38.5 Å². The van der Waals surface area contributed by atoms with Gasteiger partial charge < -0.3 is 61.3 Å². The highest BCUT2D eigenvalue weighted by molar-refractivity contribution is 5.69. The highest BCUT2D eigenvalue weighted by Crippen LogP contribution is 2.00. The van der Waals surface area contributed by atoms with Crippen LogP contribution in [0.5, 0.6) is 0 Å². The standard InChI is InChI=1S/3C6H10O4.2C3H8O3/c3*7-5(8)3-1-2-4-6(9)10;2*4-1-3(6)2-5/h3*1-4H2,(H,7,8)(H,9,10);2*3-6H,1-2H2. The maximum Gasteiger partial charge on any atom is 0.303 e. The molecule has 12 N–H and O–H groups in total. The summed E-state index contributed by atoms with van der Waals surface area (Å²) in [5.41, 5.74) is 0. The Morgan fingerprint density at radius 2 is 0.452 bits per heavy atom. The molecule has 0 spiro atoms. The summed E-state index contributed by atoms with van der Waals surface area (Å²) < 4.78 is 0. The van der Waals surface area contributed by atoms with Crippen molar-refractivity contribution in [1.82, 2.24) is 0 Å². The molecule has 0 rings (SSSR count). The number of hydrogen-bond donors (Lipinski definition) is 12. The van der Waals surface area contributed by atoms with E-state index in [1.165, 1.54) is 0 Å². The van der Waals surface area contributed by atoms with Crippen molar-refractivity contribution in [1.29, 1.82) is 0 Å². The molecule has 0 aromatic carbocycles. The molecule has 0 atom stereocenters. The second-order valence-electron chi connectivity index (χ2n) is 8.02. The minimum absolute atomic E-state index is 0.0628. The van der Waals surface area contributed by atoms with Gasteiger partial charge in [-0.2, -0.15) is 0 Å². The van der Waals surface area contributed by atoms with Crippen LogP contribution in [0.3, 0.4) is 0 Å². The van der Waals surface area contributed by atoms with Crippen molar-refractivity contribution in [3.63, 3.8) is 0 Å². The zero-order valence-corrected chi connectivity index (χ0v) is 23.3. The molecule has 0 radical (unpaired) electrons. The second kappa shape index (κ2) is 37.6. The number of aliphatic carboxylic acids is 6. The van der Waals surface area contributed by atoms with E-state index in [4.69, 9.17) is 61.3 Å². The van der Waals surface area contributed by atoms with Gasteiger partial charge in [-0.25, -0.2) is 0 Å². The normalized spacial score (nSPS) is 9.43. The molecule has 0 bridgehead atoms. The van der Waals surface area contributed by atoms with Gasteiger partial charge in [-0.1, -0.05) is 0 Å². The number of aliphatic hydroxyl groups excluding tert-OH is 6. The SMILES string of the molecule is O=C(O)CCCCC(=O)O.O=C(O)CCCCC(=O)O.O=C(O)CCCCC(=O)O.OCC(O)CO.OCC(O)CO. The van der Waals surface area contributed by atoms with Crippen molar-refractivity contribution in [3.8, 4) is 0 Å². The van der Waals surface area contributed by atoms with Crippen molar-refractivity contribution < 1.29 is 90.0 Å². The van der Waals surface area contributed by atoms with Gasteiger partial charge in [0.2, 0.25) is 0 Å². The first-order valence-corrected chi connectivity index (χ1v) is 12.6. The molecule has 0 aromatic rings. The average molecular weight is 623 g/mol. The lowest BCUT2D eigenvalue weighted by atomic mass is 10.2. The predicted molar refractivity (Wildman–Crippen MR) is 142 cm³/mol. The third-order valence-corrected chi connectivity index (χ3v) is 3.94. The average Bonchev–Trinajstić information content (AvgIpc) is 2.91. The topological polar surface area (TPSA) is 345 Å². The second-order valence-corrected chi connectivity index (χ2v) is 8.02. The van der Waals surface area contributed by atoms with Crippen molar-refractivity contribution in [2.75, 3.05) is 26.4 Å². The number of carbonyl (C=O) groups is 6. The van der Waals surface area contributed by atoms with Crippen LogP contribution in [0.25, 0.3) is 0 Å². The highest BCUT2D eigenvalue weighted by Gasteiger charge is 2.01. The maximum absolute atomic E-state index is 9.90. The molecule has 0 saturated carbocycles. The molecule has 0 fully saturated rings. The Bertz CT molecular complexity index is 555. The van der Waals surface area contributed by atoms with Crippen LogP contribution in [0.1, 0.15) is 77.0 Å². The van der Waals surface area contributed by atoms with Crippen molar-refractivity contribution >= 4 is 35.8 Å². The summed E-state index contributed by atoms with van der Waals surface area (Å²) in [7, 11) is 0. The molecule has 0 aliphatic carbocycles. The van der Waals surface area contributed by atoms with Crippen LogP contribution in [0.4, 0.5) is 0 Å². The molecule has 0 aliphatic heterocycles. The van der Waals surface area contributed by atoms with Gasteiger partial charge in [0, 0.05) is 38.5 Å². The first kappa shape index (κ1) is 48.3. The van der Waals surface area contributed by atoms with Crippen LogP contribution in [0, 0.1) is 0 Å². The van der Waals surface area contributed by atoms with Crippen molar-refractivity contribution in [2.45, 2.75) is 89.3 Å². The van der Waals surface area contributed by atoms with Gasteiger partial charge in [0.15, 0.2) is 0 Å². The Balaban J connectivity index is -0.000000138. The van der Waals surface area contributed by atoms with Crippen LogP contribution in [-0.4, -0.2) is 136 Å². The molecule has 42 heavy (non-hydrogen) atoms. The third-order valence-electron chi connectivity index (χ3n) is 3.94. The van der Waals surface area contributed by atoms with E-state index in [0.717, 1.165) is 0 Å². The molecular formula is C24H46O18. The molecule has 0 unspecified atom stereocenters. The Morgan fingerprint density at radius 3 is 0.500 bits per heavy atom. The van der Waals surface area contributed by atoms with E-state index in [-0.39, 0.29) is 65.0 Å². The fourth-order valence-electron chi connectivity index (χ4n) is 1.77. The summed E-state index contributed by atoms with van der Waals surface area (Å²) in [6, 6.07) is 0. The van der Waals surface area contributed by atoms with Crippen LogP contribution >= 0.6 is 0 Å². The summed E-state index contributed by atoms with van der Waals surface area (Å²) >= 11 is 0. The Morgan fingerprint density at radius 1 is 0.333 bits per heavy atom. The van der Waals surface area contributed by atoms with Crippen LogP contribution < -0.4 is 0 Å². The quantitative estimate of drug-likeness (QED) is 0.0753. The van der Waals surface area contributed by atoms with Gasteiger partial charge in [0.1, 0.15) is 12.2 Å². The molecule has 0 saturated heterocycles. The Labute approximate surface area is 242 Å². The van der Waals surface area contributed by atoms with Crippen molar-refractivity contribution in [2.24, 2.45) is 0 Å². The summed E-state index contributed by atoms with van der Waals surface area (Å²) in [5, 5.41) is 96.8. The van der Waals surface area contributed by atoms with Gasteiger partial charge in [-0.3, -0.25) is 28.8 Å². The van der Waals surface area contributed by atoms with Crippen LogP contribution in [0.15, 0.2) is 0 Å². The summed E-state index contributed by atoms with van der Waals surface area (Å²) in [6.07, 6.45) is 1.15. The first-order chi connectivity index (χ1) is 19.5. The van der Waals surface area contributed by atoms with Gasteiger partial charge >= 0.3 is 35.8 Å². The molecule has 250 valence electrons. The largest absolute Gasteiger partial charge is 0.481 e. The number of carboxylic acids is 6. The molecule has 18 nitrogen and oxygen atoms in total. The van der Waals surface area contributed by atoms with E-state index >= 15 is 0 Å². The lowest BCUT2D eigenvalue weighted by Crippen LogP contribution is -2.15. The number of hydrogen-bond acceptors (Lipinski definition) is 12. The third kappa shape index (κ3) is 70.8. The first-order valence-electron chi connectivity index (χ1n) is 12.6. The maximum atomic E-state index is 9.90. The molecule has 0 amide bonds. The molecule has 0 aromatic heterocycles. The number of carboxylic acid groups (broad SMARTS) is 6. The molecule has 18 heteroatoms. The molecule has 0 aliphatic rings. The van der Waals surface area contributed by atoms with E-state index < -0.39 is 48.0 Å². The number of unbranched alkanes of at least 4 members (excludes halogenated alkanes) is 3. The van der Waals surface area contributed by atoms with Gasteiger partial charge in [-0.15, -0.1) is 0 Å². The van der Waals surface area contributed by atoms with Gasteiger partial charge in [0.05, 0.1) is 26.4 Å². The fourth-order valence-corrected chi connectivity index (χ4v) is 1.77. The summed E-state index contributed by atoms with van der Waals surface area (Å²) in [4.78, 5) is 59.4. The van der Waals surface area contributed by atoms with Crippen LogP contribution in [0.2, 0.25) is 0 Å². The van der Waals surface area contributed by atoms with Crippen LogP contribution in [-0.2, 0) is 28.8 Å². The fraction of sp³-hybridized carbons (Fsp3) is 0.750. The number of rotatable bonds is 19. The van der Waals surface area contributed by atoms with Crippen molar-refractivity contribution in [3.05, 3.63) is 0 Å². The minimum atomic E-state index is -0.954. The van der Waals surface area contributed by atoms with Gasteiger partial charge in [0.25, 0.3) is 0 Å².